The second-order valence-corrected chi connectivity index (χ2v) is 5.55. The van der Waals surface area contributed by atoms with Crippen LogP contribution in [0.15, 0.2) is 36.9 Å². The molecule has 1 aromatic heterocycles. The molecule has 0 aliphatic rings. The maximum Gasteiger partial charge on any atom is 0.0946 e. The Balaban J connectivity index is 2.26. The van der Waals surface area contributed by atoms with Gasteiger partial charge in [0.15, 0.2) is 0 Å². The van der Waals surface area contributed by atoms with E-state index < -0.39 is 0 Å². The molecule has 2 aromatic rings. The first-order valence-electron chi connectivity index (χ1n) is 6.62. The van der Waals surface area contributed by atoms with Crippen molar-refractivity contribution < 1.29 is 0 Å². The lowest BCUT2D eigenvalue weighted by molar-refractivity contribution is 0.505. The van der Waals surface area contributed by atoms with Crippen molar-refractivity contribution in [3.05, 3.63) is 52.5 Å². The lowest BCUT2D eigenvalue weighted by Gasteiger charge is -2.20. The van der Waals surface area contributed by atoms with Gasteiger partial charge in [-0.3, -0.25) is 0 Å². The topological polar surface area (TPSA) is 17.8 Å². The van der Waals surface area contributed by atoms with Crippen LogP contribution in [0.4, 0.5) is 0 Å². The summed E-state index contributed by atoms with van der Waals surface area (Å²) in [4.78, 5) is 4.09. The van der Waals surface area contributed by atoms with Crippen molar-refractivity contribution >= 4 is 23.2 Å². The number of aromatic nitrogens is 2. The van der Waals surface area contributed by atoms with Gasteiger partial charge in [0.05, 0.1) is 6.33 Å². The SMILES string of the molecule is CCCCC(Cn1ccnc1)c1c(Cl)cccc1Cl. The van der Waals surface area contributed by atoms with E-state index >= 15 is 0 Å². The fraction of sp³-hybridized carbons (Fsp3) is 0.400. The maximum atomic E-state index is 6.33. The van der Waals surface area contributed by atoms with Gasteiger partial charge in [-0.25, -0.2) is 4.98 Å². The van der Waals surface area contributed by atoms with E-state index in [2.05, 4.69) is 16.5 Å². The summed E-state index contributed by atoms with van der Waals surface area (Å²) in [5.74, 6) is 0.329. The molecule has 0 aliphatic carbocycles. The van der Waals surface area contributed by atoms with E-state index in [0.29, 0.717) is 5.92 Å². The molecule has 0 N–H and O–H groups in total. The zero-order valence-corrected chi connectivity index (χ0v) is 12.5. The van der Waals surface area contributed by atoms with E-state index in [9.17, 15) is 0 Å². The highest BCUT2D eigenvalue weighted by Crippen LogP contribution is 2.35. The summed E-state index contributed by atoms with van der Waals surface area (Å²) in [5, 5.41) is 1.52. The molecule has 1 unspecified atom stereocenters. The Hall–Kier alpha value is -0.990. The summed E-state index contributed by atoms with van der Waals surface area (Å²) >= 11 is 12.7. The molecule has 0 amide bonds. The number of imidazole rings is 1. The van der Waals surface area contributed by atoms with Crippen LogP contribution in [-0.2, 0) is 6.54 Å². The zero-order chi connectivity index (χ0) is 13.7. The molecule has 0 saturated heterocycles. The fourth-order valence-electron chi connectivity index (χ4n) is 2.33. The minimum atomic E-state index is 0.329. The van der Waals surface area contributed by atoms with Crippen LogP contribution in [0.1, 0.15) is 37.7 Å². The highest BCUT2D eigenvalue weighted by Gasteiger charge is 2.18. The second kappa shape index (κ2) is 6.97. The van der Waals surface area contributed by atoms with Crippen molar-refractivity contribution in [1.82, 2.24) is 9.55 Å². The molecule has 19 heavy (non-hydrogen) atoms. The fourth-order valence-corrected chi connectivity index (χ4v) is 3.03. The van der Waals surface area contributed by atoms with Crippen molar-refractivity contribution in [2.75, 3.05) is 0 Å². The summed E-state index contributed by atoms with van der Waals surface area (Å²) in [6.45, 7) is 3.06. The molecule has 0 aliphatic heterocycles. The second-order valence-electron chi connectivity index (χ2n) is 4.73. The van der Waals surface area contributed by atoms with Gasteiger partial charge < -0.3 is 4.57 Å². The molecular formula is C15H18Cl2N2. The Kier molecular flexibility index (Phi) is 5.29. The molecule has 1 heterocycles. The van der Waals surface area contributed by atoms with Crippen LogP contribution in [0.25, 0.3) is 0 Å². The van der Waals surface area contributed by atoms with E-state index in [0.717, 1.165) is 28.6 Å². The number of unbranched alkanes of at least 4 members (excludes halogenated alkanes) is 1. The van der Waals surface area contributed by atoms with E-state index in [4.69, 9.17) is 23.2 Å². The van der Waals surface area contributed by atoms with Crippen LogP contribution in [0, 0.1) is 0 Å². The third-order valence-corrected chi connectivity index (χ3v) is 3.96. The smallest absolute Gasteiger partial charge is 0.0946 e. The Labute approximate surface area is 124 Å². The number of hydrogen-bond donors (Lipinski definition) is 0. The van der Waals surface area contributed by atoms with Crippen molar-refractivity contribution in [3.63, 3.8) is 0 Å². The minimum Gasteiger partial charge on any atom is -0.337 e. The van der Waals surface area contributed by atoms with Crippen LogP contribution in [-0.4, -0.2) is 9.55 Å². The van der Waals surface area contributed by atoms with E-state index in [1.54, 1.807) is 6.20 Å². The van der Waals surface area contributed by atoms with Crippen LogP contribution in [0.5, 0.6) is 0 Å². The average Bonchev–Trinajstić information content (AvgIpc) is 2.88. The standard InChI is InChI=1S/C15H18Cl2N2/c1-2-3-5-12(10-19-9-8-18-11-19)15-13(16)6-4-7-14(15)17/h4,6-9,11-12H,2-3,5,10H2,1H3. The number of nitrogens with zero attached hydrogens (tertiary/aromatic N) is 2. The summed E-state index contributed by atoms with van der Waals surface area (Å²) < 4.78 is 2.08. The predicted molar refractivity (Wildman–Crippen MR) is 81.0 cm³/mol. The minimum absolute atomic E-state index is 0.329. The van der Waals surface area contributed by atoms with Crippen molar-refractivity contribution in [2.24, 2.45) is 0 Å². The number of benzene rings is 1. The predicted octanol–water partition coefficient (Wildman–Crippen LogP) is 5.16. The third-order valence-electron chi connectivity index (χ3n) is 3.30. The van der Waals surface area contributed by atoms with Crippen LogP contribution in [0.2, 0.25) is 10.0 Å². The van der Waals surface area contributed by atoms with Crippen LogP contribution < -0.4 is 0 Å². The monoisotopic (exact) mass is 296 g/mol. The van der Waals surface area contributed by atoms with Gasteiger partial charge >= 0.3 is 0 Å². The molecule has 1 aromatic carbocycles. The molecule has 102 valence electrons. The van der Waals surface area contributed by atoms with Crippen molar-refractivity contribution in [3.8, 4) is 0 Å². The van der Waals surface area contributed by atoms with Gasteiger partial charge in [0.2, 0.25) is 0 Å². The first kappa shape index (κ1) is 14.4. The molecule has 0 radical (unpaired) electrons. The molecule has 0 spiro atoms. The van der Waals surface area contributed by atoms with E-state index in [1.165, 1.54) is 12.8 Å². The Morgan fingerprint density at radius 3 is 2.58 bits per heavy atom. The normalized spacial score (nSPS) is 12.6. The number of halogens is 2. The first-order valence-corrected chi connectivity index (χ1v) is 7.37. The maximum absolute atomic E-state index is 6.33. The average molecular weight is 297 g/mol. The summed E-state index contributed by atoms with van der Waals surface area (Å²) in [7, 11) is 0. The molecule has 2 nitrogen and oxygen atoms in total. The number of rotatable bonds is 6. The van der Waals surface area contributed by atoms with Gasteiger partial charge in [-0.2, -0.15) is 0 Å². The van der Waals surface area contributed by atoms with Crippen molar-refractivity contribution in [1.29, 1.82) is 0 Å². The van der Waals surface area contributed by atoms with Crippen molar-refractivity contribution in [2.45, 2.75) is 38.6 Å². The highest BCUT2D eigenvalue weighted by molar-refractivity contribution is 6.36. The molecule has 0 fully saturated rings. The van der Waals surface area contributed by atoms with Gasteiger partial charge in [-0.05, 0) is 24.1 Å². The summed E-state index contributed by atoms with van der Waals surface area (Å²) in [6, 6.07) is 5.72. The lowest BCUT2D eigenvalue weighted by atomic mass is 9.93. The summed E-state index contributed by atoms with van der Waals surface area (Å²) in [5.41, 5.74) is 1.06. The van der Waals surface area contributed by atoms with Gasteiger partial charge in [-0.15, -0.1) is 0 Å². The molecule has 0 bridgehead atoms. The molecule has 4 heteroatoms. The molecule has 2 rings (SSSR count). The van der Waals surface area contributed by atoms with Crippen LogP contribution >= 0.6 is 23.2 Å². The third kappa shape index (κ3) is 3.74. The zero-order valence-electron chi connectivity index (χ0n) is 11.0. The first-order chi connectivity index (χ1) is 9.22. The molecule has 0 saturated carbocycles. The van der Waals surface area contributed by atoms with E-state index in [1.807, 2.05) is 30.7 Å². The van der Waals surface area contributed by atoms with Crippen LogP contribution in [0.3, 0.4) is 0 Å². The Morgan fingerprint density at radius 2 is 2.00 bits per heavy atom. The number of hydrogen-bond acceptors (Lipinski definition) is 1. The van der Waals surface area contributed by atoms with Gasteiger partial charge in [0, 0.05) is 34.9 Å². The quantitative estimate of drug-likeness (QED) is 0.719. The molecular weight excluding hydrogens is 279 g/mol. The highest BCUT2D eigenvalue weighted by atomic mass is 35.5. The van der Waals surface area contributed by atoms with E-state index in [-0.39, 0.29) is 0 Å². The van der Waals surface area contributed by atoms with Gasteiger partial charge in [0.1, 0.15) is 0 Å². The molecule has 1 atom stereocenters. The lowest BCUT2D eigenvalue weighted by Crippen LogP contribution is -2.09. The van der Waals surface area contributed by atoms with Gasteiger partial charge in [0.25, 0.3) is 0 Å². The Morgan fingerprint density at radius 1 is 1.26 bits per heavy atom. The van der Waals surface area contributed by atoms with Gasteiger partial charge in [-0.1, -0.05) is 49.0 Å². The largest absolute Gasteiger partial charge is 0.337 e. The summed E-state index contributed by atoms with van der Waals surface area (Å²) in [6.07, 6.45) is 9.03. The Bertz CT molecular complexity index is 489.